The minimum atomic E-state index is -0.795. The molecule has 2 unspecified atom stereocenters. The van der Waals surface area contributed by atoms with Crippen LogP contribution in [0.4, 0.5) is 0 Å². The van der Waals surface area contributed by atoms with Crippen molar-refractivity contribution < 1.29 is 19.1 Å². The Bertz CT molecular complexity index is 645. The monoisotopic (exact) mass is 285 g/mol. The zero-order valence-corrected chi connectivity index (χ0v) is 11.6. The van der Waals surface area contributed by atoms with Gasteiger partial charge in [-0.3, -0.25) is 0 Å². The van der Waals surface area contributed by atoms with Crippen molar-refractivity contribution in [1.82, 2.24) is 4.57 Å². The lowest BCUT2D eigenvalue weighted by Gasteiger charge is -2.09. The summed E-state index contributed by atoms with van der Waals surface area (Å²) in [5.41, 5.74) is 1.36. The van der Waals surface area contributed by atoms with Crippen LogP contribution in [0.2, 0.25) is 0 Å². The van der Waals surface area contributed by atoms with E-state index in [0.717, 1.165) is 5.69 Å². The third-order valence-corrected chi connectivity index (χ3v) is 3.38. The minimum absolute atomic E-state index is 0.202. The summed E-state index contributed by atoms with van der Waals surface area (Å²) in [5.74, 6) is -0.982. The zero-order valence-electron chi connectivity index (χ0n) is 11.6. The molecule has 1 aromatic heterocycles. The lowest BCUT2D eigenvalue weighted by molar-refractivity contribution is -0.147. The molecule has 5 heteroatoms. The molecule has 1 fully saturated rings. The van der Waals surface area contributed by atoms with Gasteiger partial charge in [-0.1, -0.05) is 0 Å². The van der Waals surface area contributed by atoms with Crippen molar-refractivity contribution in [2.45, 2.75) is 25.6 Å². The molecular weight excluding hydrogens is 270 g/mol. The maximum atomic E-state index is 12.0. The maximum Gasteiger partial charge on any atom is 0.347 e. The highest BCUT2D eigenvalue weighted by molar-refractivity contribution is 5.92. The topological polar surface area (TPSA) is 57.5 Å². The van der Waals surface area contributed by atoms with Gasteiger partial charge in [-0.15, -0.1) is 0 Å². The average molecular weight is 285 g/mol. The van der Waals surface area contributed by atoms with E-state index in [1.54, 1.807) is 19.1 Å². The molecule has 2 atom stereocenters. The predicted molar refractivity (Wildman–Crippen MR) is 75.1 cm³/mol. The Hall–Kier alpha value is -2.56. The molecule has 0 spiro atoms. The molecule has 0 amide bonds. The van der Waals surface area contributed by atoms with Crippen LogP contribution in [-0.2, 0) is 14.3 Å². The smallest absolute Gasteiger partial charge is 0.347 e. The first-order valence-electron chi connectivity index (χ1n) is 6.78. The number of benzene rings is 1. The first-order chi connectivity index (χ1) is 10.1. The van der Waals surface area contributed by atoms with Crippen molar-refractivity contribution in [2.75, 3.05) is 0 Å². The van der Waals surface area contributed by atoms with Gasteiger partial charge in [0.25, 0.3) is 0 Å². The van der Waals surface area contributed by atoms with E-state index >= 15 is 0 Å². The van der Waals surface area contributed by atoms with Crippen LogP contribution in [0, 0.1) is 0 Å². The van der Waals surface area contributed by atoms with Crippen LogP contribution in [0.3, 0.4) is 0 Å². The largest absolute Gasteiger partial charge is 0.460 e. The highest BCUT2D eigenvalue weighted by Gasteiger charge is 2.35. The number of rotatable bonds is 3. The first kappa shape index (κ1) is 13.4. The molecule has 0 bridgehead atoms. The van der Waals surface area contributed by atoms with Crippen LogP contribution >= 0.6 is 0 Å². The van der Waals surface area contributed by atoms with E-state index in [9.17, 15) is 9.59 Å². The van der Waals surface area contributed by atoms with Gasteiger partial charge in [-0.05, 0) is 43.3 Å². The molecule has 21 heavy (non-hydrogen) atoms. The van der Waals surface area contributed by atoms with Crippen LogP contribution < -0.4 is 0 Å². The highest BCUT2D eigenvalue weighted by Crippen LogP contribution is 2.19. The third kappa shape index (κ3) is 2.81. The third-order valence-electron chi connectivity index (χ3n) is 3.38. The summed E-state index contributed by atoms with van der Waals surface area (Å²) in [6.07, 6.45) is 3.25. The van der Waals surface area contributed by atoms with E-state index in [0.29, 0.717) is 12.0 Å². The summed E-state index contributed by atoms with van der Waals surface area (Å²) in [5, 5.41) is 0. The molecule has 108 valence electrons. The molecule has 2 aromatic rings. The standard InChI is InChI=1S/C16H15NO4/c1-11-10-14(16(19)20-11)21-15(18)12-4-6-13(7-5-12)17-8-2-3-9-17/h2-9,11,14H,10H2,1H3. The van der Waals surface area contributed by atoms with Crippen LogP contribution in [0.5, 0.6) is 0 Å². The number of esters is 2. The maximum absolute atomic E-state index is 12.0. The second-order valence-electron chi connectivity index (χ2n) is 5.01. The first-order valence-corrected chi connectivity index (χ1v) is 6.78. The average Bonchev–Trinajstić information content (AvgIpc) is 3.10. The Kier molecular flexibility index (Phi) is 3.48. The molecule has 1 aliphatic heterocycles. The number of carbonyl (C=O) groups is 2. The number of hydrogen-bond donors (Lipinski definition) is 0. The Labute approximate surface area is 122 Å². The van der Waals surface area contributed by atoms with Gasteiger partial charge in [0, 0.05) is 24.5 Å². The summed E-state index contributed by atoms with van der Waals surface area (Å²) in [6.45, 7) is 1.78. The van der Waals surface area contributed by atoms with Gasteiger partial charge in [-0.2, -0.15) is 0 Å². The van der Waals surface area contributed by atoms with Gasteiger partial charge >= 0.3 is 11.9 Å². The van der Waals surface area contributed by atoms with E-state index in [2.05, 4.69) is 0 Å². The van der Waals surface area contributed by atoms with E-state index in [4.69, 9.17) is 9.47 Å². The molecule has 0 radical (unpaired) electrons. The Morgan fingerprint density at radius 1 is 1.24 bits per heavy atom. The lowest BCUT2D eigenvalue weighted by atomic mass is 10.2. The van der Waals surface area contributed by atoms with Crippen molar-refractivity contribution in [3.8, 4) is 5.69 Å². The van der Waals surface area contributed by atoms with E-state index in [-0.39, 0.29) is 6.10 Å². The number of hydrogen-bond acceptors (Lipinski definition) is 4. The van der Waals surface area contributed by atoms with Gasteiger partial charge in [-0.25, -0.2) is 9.59 Å². The number of ether oxygens (including phenoxy) is 2. The molecule has 2 heterocycles. The fraction of sp³-hybridized carbons (Fsp3) is 0.250. The zero-order chi connectivity index (χ0) is 14.8. The van der Waals surface area contributed by atoms with Crippen molar-refractivity contribution >= 4 is 11.9 Å². The Morgan fingerprint density at radius 3 is 2.48 bits per heavy atom. The second kappa shape index (κ2) is 5.44. The molecule has 0 aliphatic carbocycles. The van der Waals surface area contributed by atoms with Gasteiger partial charge in [0.2, 0.25) is 6.10 Å². The quantitative estimate of drug-likeness (QED) is 0.812. The van der Waals surface area contributed by atoms with Crippen LogP contribution in [0.25, 0.3) is 5.69 Å². The van der Waals surface area contributed by atoms with E-state index < -0.39 is 18.0 Å². The summed E-state index contributed by atoms with van der Waals surface area (Å²) in [4.78, 5) is 23.5. The summed E-state index contributed by atoms with van der Waals surface area (Å²) >= 11 is 0. The fourth-order valence-corrected chi connectivity index (χ4v) is 2.29. The highest BCUT2D eigenvalue weighted by atomic mass is 16.6. The van der Waals surface area contributed by atoms with Gasteiger partial charge in [0.15, 0.2) is 0 Å². The summed E-state index contributed by atoms with van der Waals surface area (Å²) < 4.78 is 12.1. The SMILES string of the molecule is CC1CC(OC(=O)c2ccc(-n3cccc3)cc2)C(=O)O1. The van der Waals surface area contributed by atoms with E-state index in [1.807, 2.05) is 41.2 Å². The van der Waals surface area contributed by atoms with Gasteiger partial charge in [0.1, 0.15) is 6.10 Å². The molecule has 5 nitrogen and oxygen atoms in total. The second-order valence-corrected chi connectivity index (χ2v) is 5.01. The molecule has 1 saturated heterocycles. The molecule has 1 aliphatic rings. The molecule has 3 rings (SSSR count). The predicted octanol–water partition coefficient (Wildman–Crippen LogP) is 2.34. The molecular formula is C16H15NO4. The van der Waals surface area contributed by atoms with Crippen LogP contribution in [0.15, 0.2) is 48.8 Å². The van der Waals surface area contributed by atoms with Crippen molar-refractivity contribution in [2.24, 2.45) is 0 Å². The summed E-state index contributed by atoms with van der Waals surface area (Å²) in [6, 6.07) is 10.9. The van der Waals surface area contributed by atoms with Crippen molar-refractivity contribution in [3.63, 3.8) is 0 Å². The number of aromatic nitrogens is 1. The fourth-order valence-electron chi connectivity index (χ4n) is 2.29. The van der Waals surface area contributed by atoms with E-state index in [1.165, 1.54) is 0 Å². The number of carbonyl (C=O) groups excluding carboxylic acids is 2. The van der Waals surface area contributed by atoms with Crippen LogP contribution in [-0.4, -0.2) is 28.7 Å². The normalized spacial score (nSPS) is 21.1. The Morgan fingerprint density at radius 2 is 1.90 bits per heavy atom. The summed E-state index contributed by atoms with van der Waals surface area (Å²) in [7, 11) is 0. The van der Waals surface area contributed by atoms with Crippen LogP contribution in [0.1, 0.15) is 23.7 Å². The van der Waals surface area contributed by atoms with Gasteiger partial charge < -0.3 is 14.0 Å². The number of cyclic esters (lactones) is 1. The Balaban J connectivity index is 1.69. The van der Waals surface area contributed by atoms with Crippen molar-refractivity contribution in [1.29, 1.82) is 0 Å². The lowest BCUT2D eigenvalue weighted by Crippen LogP contribution is -2.22. The van der Waals surface area contributed by atoms with Gasteiger partial charge in [0.05, 0.1) is 5.56 Å². The molecule has 0 saturated carbocycles. The minimum Gasteiger partial charge on any atom is -0.460 e. The van der Waals surface area contributed by atoms with Crippen molar-refractivity contribution in [3.05, 3.63) is 54.4 Å². The number of nitrogens with zero attached hydrogens (tertiary/aromatic N) is 1. The molecule has 1 aromatic carbocycles. The molecule has 0 N–H and O–H groups in total.